The van der Waals surface area contributed by atoms with Gasteiger partial charge in [0, 0.05) is 19.8 Å². The maximum Gasteiger partial charge on any atom is 0.240 e. The van der Waals surface area contributed by atoms with Gasteiger partial charge in [0.15, 0.2) is 0 Å². The summed E-state index contributed by atoms with van der Waals surface area (Å²) in [4.78, 5) is 0.0813. The van der Waals surface area contributed by atoms with E-state index in [0.29, 0.717) is 31.7 Å². The fourth-order valence-corrected chi connectivity index (χ4v) is 2.55. The highest BCUT2D eigenvalue weighted by Gasteiger charge is 2.14. The first-order chi connectivity index (χ1) is 8.47. The van der Waals surface area contributed by atoms with E-state index in [1.165, 1.54) is 19.1 Å². The summed E-state index contributed by atoms with van der Waals surface area (Å²) in [5.41, 5.74) is 0.312. The molecule has 6 heteroatoms. The predicted molar refractivity (Wildman–Crippen MR) is 67.4 cm³/mol. The number of nitrogens with one attached hydrogen (secondary N) is 1. The van der Waals surface area contributed by atoms with Gasteiger partial charge in [-0.05, 0) is 44.0 Å². The van der Waals surface area contributed by atoms with Crippen LogP contribution in [0.15, 0.2) is 23.1 Å². The zero-order valence-electron chi connectivity index (χ0n) is 10.6. The number of halogens is 1. The van der Waals surface area contributed by atoms with Gasteiger partial charge in [-0.3, -0.25) is 0 Å². The molecule has 0 spiro atoms. The molecule has 0 saturated carbocycles. The molecule has 0 aliphatic carbocycles. The van der Waals surface area contributed by atoms with Crippen LogP contribution in [0.25, 0.3) is 0 Å². The van der Waals surface area contributed by atoms with Crippen molar-refractivity contribution < 1.29 is 17.5 Å². The summed E-state index contributed by atoms with van der Waals surface area (Å²) in [5.74, 6) is -0.412. The maximum atomic E-state index is 13.0. The van der Waals surface area contributed by atoms with Gasteiger partial charge in [0.1, 0.15) is 5.82 Å². The Kier molecular flexibility index (Phi) is 5.71. The van der Waals surface area contributed by atoms with Crippen LogP contribution in [0.3, 0.4) is 0 Å². The van der Waals surface area contributed by atoms with Crippen LogP contribution in [0.5, 0.6) is 0 Å². The van der Waals surface area contributed by atoms with E-state index in [4.69, 9.17) is 4.74 Å². The lowest BCUT2D eigenvalue weighted by Gasteiger charge is -2.07. The van der Waals surface area contributed by atoms with Gasteiger partial charge in [-0.1, -0.05) is 0 Å². The summed E-state index contributed by atoms with van der Waals surface area (Å²) in [6.45, 7) is 4.85. The largest absolute Gasteiger partial charge is 0.382 e. The Hall–Kier alpha value is -0.980. The Morgan fingerprint density at radius 3 is 2.72 bits per heavy atom. The van der Waals surface area contributed by atoms with Crippen molar-refractivity contribution in [2.24, 2.45) is 0 Å². The Labute approximate surface area is 107 Å². The normalized spacial score (nSPS) is 11.7. The SMILES string of the molecule is CCOCCCNS(=O)(=O)c1ccc(F)c(C)c1. The fraction of sp³-hybridized carbons (Fsp3) is 0.500. The van der Waals surface area contributed by atoms with Gasteiger partial charge < -0.3 is 4.74 Å². The first kappa shape index (κ1) is 15.1. The Bertz CT molecular complexity index is 488. The minimum atomic E-state index is -3.56. The molecule has 0 aliphatic rings. The molecule has 0 unspecified atom stereocenters. The lowest BCUT2D eigenvalue weighted by atomic mass is 10.2. The molecular formula is C12H18FNO3S. The second-order valence-electron chi connectivity index (χ2n) is 3.86. The maximum absolute atomic E-state index is 13.0. The van der Waals surface area contributed by atoms with Crippen molar-refractivity contribution in [1.82, 2.24) is 4.72 Å². The van der Waals surface area contributed by atoms with Gasteiger partial charge in [0.2, 0.25) is 10.0 Å². The molecule has 0 fully saturated rings. The Balaban J connectivity index is 2.60. The topological polar surface area (TPSA) is 55.4 Å². The second-order valence-corrected chi connectivity index (χ2v) is 5.63. The first-order valence-corrected chi connectivity index (χ1v) is 7.29. The van der Waals surface area contributed by atoms with E-state index in [0.717, 1.165) is 6.07 Å². The number of benzene rings is 1. The summed E-state index contributed by atoms with van der Waals surface area (Å²) < 4.78 is 44.3. The summed E-state index contributed by atoms with van der Waals surface area (Å²) in [5, 5.41) is 0. The van der Waals surface area contributed by atoms with Crippen LogP contribution in [-0.2, 0) is 14.8 Å². The second kappa shape index (κ2) is 6.82. The van der Waals surface area contributed by atoms with Crippen molar-refractivity contribution in [2.45, 2.75) is 25.2 Å². The summed E-state index contributed by atoms with van der Waals surface area (Å²) in [6.07, 6.45) is 0.604. The minimum Gasteiger partial charge on any atom is -0.382 e. The number of hydrogen-bond acceptors (Lipinski definition) is 3. The van der Waals surface area contributed by atoms with Crippen molar-refractivity contribution in [3.05, 3.63) is 29.6 Å². The van der Waals surface area contributed by atoms with E-state index in [-0.39, 0.29) is 4.90 Å². The highest BCUT2D eigenvalue weighted by Crippen LogP contribution is 2.13. The van der Waals surface area contributed by atoms with Crippen LogP contribution in [-0.4, -0.2) is 28.2 Å². The number of sulfonamides is 1. The van der Waals surface area contributed by atoms with Gasteiger partial charge in [-0.15, -0.1) is 0 Å². The van der Waals surface area contributed by atoms with Crippen LogP contribution >= 0.6 is 0 Å². The summed E-state index contributed by atoms with van der Waals surface area (Å²) in [6, 6.07) is 3.73. The molecule has 18 heavy (non-hydrogen) atoms. The van der Waals surface area contributed by atoms with Gasteiger partial charge in [0.25, 0.3) is 0 Å². The molecule has 1 rings (SSSR count). The molecule has 0 bridgehead atoms. The van der Waals surface area contributed by atoms with Crippen molar-refractivity contribution in [1.29, 1.82) is 0 Å². The minimum absolute atomic E-state index is 0.0813. The number of ether oxygens (including phenoxy) is 1. The molecule has 0 aromatic heterocycles. The molecule has 0 saturated heterocycles. The average molecular weight is 275 g/mol. The van der Waals surface area contributed by atoms with Crippen LogP contribution in [0, 0.1) is 12.7 Å². The van der Waals surface area contributed by atoms with Crippen LogP contribution in [0.2, 0.25) is 0 Å². The number of rotatable bonds is 7. The van der Waals surface area contributed by atoms with E-state index >= 15 is 0 Å². The molecule has 0 amide bonds. The smallest absolute Gasteiger partial charge is 0.240 e. The fourth-order valence-electron chi connectivity index (χ4n) is 1.39. The predicted octanol–water partition coefficient (Wildman–Crippen LogP) is 1.84. The molecule has 102 valence electrons. The van der Waals surface area contributed by atoms with Crippen molar-refractivity contribution >= 4 is 10.0 Å². The summed E-state index contributed by atoms with van der Waals surface area (Å²) in [7, 11) is -3.56. The van der Waals surface area contributed by atoms with Crippen molar-refractivity contribution in [3.63, 3.8) is 0 Å². The third-order valence-electron chi connectivity index (χ3n) is 2.40. The lowest BCUT2D eigenvalue weighted by molar-refractivity contribution is 0.146. The highest BCUT2D eigenvalue weighted by molar-refractivity contribution is 7.89. The standard InChI is InChI=1S/C12H18FNO3S/c1-3-17-8-4-7-14-18(15,16)11-5-6-12(13)10(2)9-11/h5-6,9,14H,3-4,7-8H2,1-2H3. The van der Waals surface area contributed by atoms with Gasteiger partial charge >= 0.3 is 0 Å². The van der Waals surface area contributed by atoms with Crippen molar-refractivity contribution in [3.8, 4) is 0 Å². The molecule has 0 atom stereocenters. The molecule has 0 heterocycles. The van der Waals surface area contributed by atoms with Gasteiger partial charge in [-0.25, -0.2) is 17.5 Å². The van der Waals surface area contributed by atoms with E-state index in [9.17, 15) is 12.8 Å². The van der Waals surface area contributed by atoms with Crippen LogP contribution in [0.4, 0.5) is 4.39 Å². The molecule has 0 radical (unpaired) electrons. The number of aryl methyl sites for hydroxylation is 1. The third-order valence-corrected chi connectivity index (χ3v) is 3.86. The van der Waals surface area contributed by atoms with E-state index < -0.39 is 15.8 Å². The zero-order chi connectivity index (χ0) is 13.6. The third kappa shape index (κ3) is 4.36. The lowest BCUT2D eigenvalue weighted by Crippen LogP contribution is -2.25. The van der Waals surface area contributed by atoms with E-state index in [2.05, 4.69) is 4.72 Å². The molecule has 4 nitrogen and oxygen atoms in total. The van der Waals surface area contributed by atoms with Gasteiger partial charge in [0.05, 0.1) is 4.90 Å². The number of hydrogen-bond donors (Lipinski definition) is 1. The van der Waals surface area contributed by atoms with Crippen molar-refractivity contribution in [2.75, 3.05) is 19.8 Å². The van der Waals surface area contributed by atoms with Gasteiger partial charge in [-0.2, -0.15) is 0 Å². The molecule has 1 aromatic rings. The molecule has 1 aromatic carbocycles. The van der Waals surface area contributed by atoms with Crippen LogP contribution < -0.4 is 4.72 Å². The Morgan fingerprint density at radius 1 is 1.39 bits per heavy atom. The van der Waals surface area contributed by atoms with Crippen LogP contribution in [0.1, 0.15) is 18.9 Å². The highest BCUT2D eigenvalue weighted by atomic mass is 32.2. The monoisotopic (exact) mass is 275 g/mol. The average Bonchev–Trinajstić information content (AvgIpc) is 2.32. The Morgan fingerprint density at radius 2 is 2.11 bits per heavy atom. The zero-order valence-corrected chi connectivity index (χ0v) is 11.4. The molecule has 0 aliphatic heterocycles. The van der Waals surface area contributed by atoms with E-state index in [1.807, 2.05) is 6.92 Å². The molecular weight excluding hydrogens is 257 g/mol. The quantitative estimate of drug-likeness (QED) is 0.773. The summed E-state index contributed by atoms with van der Waals surface area (Å²) >= 11 is 0. The first-order valence-electron chi connectivity index (χ1n) is 5.81. The van der Waals surface area contributed by atoms with E-state index in [1.54, 1.807) is 0 Å². The molecule has 1 N–H and O–H groups in total.